The summed E-state index contributed by atoms with van der Waals surface area (Å²) in [5.41, 5.74) is 5.78. The zero-order chi connectivity index (χ0) is 35.0. The second kappa shape index (κ2) is 12.2. The van der Waals surface area contributed by atoms with Gasteiger partial charge >= 0.3 is 5.97 Å². The molecule has 5 heteroatoms. The topological polar surface area (TPSA) is 67.2 Å². The fraction of sp³-hybridized carbons (Fsp3) is 0.682. The van der Waals surface area contributed by atoms with Gasteiger partial charge in [-0.1, -0.05) is 65.0 Å². The van der Waals surface area contributed by atoms with Gasteiger partial charge in [-0.05, 0) is 165 Å². The summed E-state index contributed by atoms with van der Waals surface area (Å²) in [6.45, 7) is 25.5. The van der Waals surface area contributed by atoms with Crippen molar-refractivity contribution in [1.29, 1.82) is 0 Å². The maximum atomic E-state index is 11.6. The second-order valence-corrected chi connectivity index (χ2v) is 18.7. The highest BCUT2D eigenvalue weighted by Crippen LogP contribution is 2.77. The van der Waals surface area contributed by atoms with Gasteiger partial charge in [0.1, 0.15) is 5.82 Å². The Kier molecular flexibility index (Phi) is 8.69. The molecule has 4 saturated carbocycles. The van der Waals surface area contributed by atoms with Crippen molar-refractivity contribution in [1.82, 2.24) is 14.9 Å². The molecule has 0 bridgehead atoms. The predicted molar refractivity (Wildman–Crippen MR) is 200 cm³/mol. The van der Waals surface area contributed by atoms with Crippen molar-refractivity contribution < 1.29 is 9.90 Å². The summed E-state index contributed by atoms with van der Waals surface area (Å²) in [5, 5.41) is 13.5. The third-order valence-corrected chi connectivity index (χ3v) is 16.4. The van der Waals surface area contributed by atoms with Crippen molar-refractivity contribution in [2.24, 2.45) is 56.7 Å². The number of imidazole rings is 1. The summed E-state index contributed by atoms with van der Waals surface area (Å²) >= 11 is 0. The van der Waals surface area contributed by atoms with E-state index < -0.39 is 5.97 Å². The largest absolute Gasteiger partial charge is 0.478 e. The van der Waals surface area contributed by atoms with E-state index in [0.717, 1.165) is 50.1 Å². The van der Waals surface area contributed by atoms with Crippen LogP contribution in [0.15, 0.2) is 54.9 Å². The minimum atomic E-state index is -0.855. The second-order valence-electron chi connectivity index (χ2n) is 18.7. The maximum absolute atomic E-state index is 11.6. The Labute approximate surface area is 296 Å². The fourth-order valence-corrected chi connectivity index (χ4v) is 13.8. The van der Waals surface area contributed by atoms with E-state index >= 15 is 0 Å². The van der Waals surface area contributed by atoms with Gasteiger partial charge in [-0.2, -0.15) is 0 Å². The van der Waals surface area contributed by atoms with Gasteiger partial charge in [0.05, 0.1) is 5.56 Å². The lowest BCUT2D eigenvalue weighted by molar-refractivity contribution is -0.225. The van der Waals surface area contributed by atoms with Gasteiger partial charge < -0.3 is 15.0 Å². The molecule has 0 aliphatic heterocycles. The van der Waals surface area contributed by atoms with Crippen LogP contribution in [-0.4, -0.2) is 33.7 Å². The molecule has 1 heterocycles. The molecule has 2 N–H and O–H groups in total. The Hall–Kier alpha value is -2.66. The van der Waals surface area contributed by atoms with E-state index in [1.807, 2.05) is 18.3 Å². The molecule has 266 valence electrons. The summed E-state index contributed by atoms with van der Waals surface area (Å²) in [6.07, 6.45) is 19.6. The van der Waals surface area contributed by atoms with Crippen molar-refractivity contribution >= 4 is 11.5 Å². The number of carboxylic acids is 1. The first-order valence-corrected chi connectivity index (χ1v) is 19.6. The predicted octanol–water partition coefficient (Wildman–Crippen LogP) is 10.2. The summed E-state index contributed by atoms with van der Waals surface area (Å²) in [7, 11) is 0. The smallest absolute Gasteiger partial charge is 0.335 e. The van der Waals surface area contributed by atoms with Crippen molar-refractivity contribution in [2.75, 3.05) is 13.1 Å². The molecule has 49 heavy (non-hydrogen) atoms. The van der Waals surface area contributed by atoms with Crippen LogP contribution < -0.4 is 5.32 Å². The van der Waals surface area contributed by atoms with Gasteiger partial charge in [-0.15, -0.1) is 0 Å². The third-order valence-electron chi connectivity index (χ3n) is 16.4. The Morgan fingerprint density at radius 3 is 2.41 bits per heavy atom. The molecule has 5 nitrogen and oxygen atoms in total. The molecule has 5 aliphatic carbocycles. The number of benzene rings is 1. The summed E-state index contributed by atoms with van der Waals surface area (Å²) in [5.74, 6) is 3.73. The van der Waals surface area contributed by atoms with E-state index in [1.54, 1.807) is 12.1 Å². The van der Waals surface area contributed by atoms with E-state index in [0.29, 0.717) is 39.6 Å². The Morgan fingerprint density at radius 2 is 1.73 bits per heavy atom. The summed E-state index contributed by atoms with van der Waals surface area (Å²) < 4.78 is 2.28. The molecule has 5 aliphatic rings. The van der Waals surface area contributed by atoms with Crippen LogP contribution in [0.25, 0.3) is 5.57 Å². The van der Waals surface area contributed by atoms with Crippen LogP contribution >= 0.6 is 0 Å². The van der Waals surface area contributed by atoms with Gasteiger partial charge in [-0.3, -0.25) is 0 Å². The first-order chi connectivity index (χ1) is 23.2. The Balaban J connectivity index is 1.13. The third kappa shape index (κ3) is 5.25. The SMILES string of the molecule is C=C(C)C1CCC2(CNCCCn3ccnc3C)CCC3(C)C(CCC4C5(C)CC=C(c6ccc(C(=O)O)cc6)C(C)(C)C5CCC43C)C12. The average Bonchev–Trinajstić information content (AvgIpc) is 3.64. The number of hydrogen-bond acceptors (Lipinski definition) is 3. The van der Waals surface area contributed by atoms with Crippen LogP contribution in [0.1, 0.15) is 127 Å². The number of carbonyl (C=O) groups is 1. The van der Waals surface area contributed by atoms with Crippen LogP contribution in [0.5, 0.6) is 0 Å². The number of nitrogens with one attached hydrogen (secondary N) is 1. The lowest BCUT2D eigenvalue weighted by Gasteiger charge is -2.72. The summed E-state index contributed by atoms with van der Waals surface area (Å²) in [6, 6.07) is 7.65. The molecular weight excluding hydrogens is 603 g/mol. The molecular formula is C44H63N3O2. The summed E-state index contributed by atoms with van der Waals surface area (Å²) in [4.78, 5) is 16.0. The molecule has 1 aromatic carbocycles. The Morgan fingerprint density at radius 1 is 0.980 bits per heavy atom. The number of aromatic carboxylic acids is 1. The van der Waals surface area contributed by atoms with Crippen molar-refractivity contribution in [3.63, 3.8) is 0 Å². The number of carboxylic acid groups (broad SMARTS) is 1. The molecule has 7 rings (SSSR count). The molecule has 0 saturated heterocycles. The quantitative estimate of drug-likeness (QED) is 0.207. The van der Waals surface area contributed by atoms with E-state index in [-0.39, 0.29) is 10.8 Å². The van der Waals surface area contributed by atoms with Crippen LogP contribution in [0.2, 0.25) is 0 Å². The lowest BCUT2D eigenvalue weighted by Crippen LogP contribution is -2.65. The van der Waals surface area contributed by atoms with Gasteiger partial charge in [0, 0.05) is 25.5 Å². The van der Waals surface area contributed by atoms with Crippen molar-refractivity contribution in [3.05, 3.63) is 71.8 Å². The zero-order valence-corrected chi connectivity index (χ0v) is 31.6. The lowest BCUT2D eigenvalue weighted by atomic mass is 9.32. The van der Waals surface area contributed by atoms with E-state index in [4.69, 9.17) is 0 Å². The van der Waals surface area contributed by atoms with E-state index in [2.05, 4.69) is 82.2 Å². The number of fused-ring (bicyclic) bond motifs is 7. The number of allylic oxidation sites excluding steroid dienone is 3. The highest BCUT2D eigenvalue weighted by Gasteiger charge is 2.70. The van der Waals surface area contributed by atoms with Crippen LogP contribution in [-0.2, 0) is 6.54 Å². The molecule has 0 amide bonds. The number of aromatic nitrogens is 2. The monoisotopic (exact) mass is 665 g/mol. The highest BCUT2D eigenvalue weighted by atomic mass is 16.4. The number of aryl methyl sites for hydroxylation is 2. The first kappa shape index (κ1) is 34.8. The minimum absolute atomic E-state index is 0.0390. The van der Waals surface area contributed by atoms with Gasteiger partial charge in [-0.25, -0.2) is 9.78 Å². The standard InChI is InChI=1S/C44H63N3O2/c1-29(2)33-16-21-44(28-45-24-9-26-47-27-25-46-30(47)3)23-22-42(7)35(38(33)44)14-15-37-41(6)19-17-34(31-10-12-32(13-11-31)39(48)49)40(4,5)36(41)18-20-43(37,42)8/h10-13,17,25,27,33,35-38,45H,1,9,14-16,18-24,26,28H2,2-8H3,(H,48,49). The first-order valence-electron chi connectivity index (χ1n) is 19.6. The van der Waals surface area contributed by atoms with Gasteiger partial charge in [0.15, 0.2) is 0 Å². The van der Waals surface area contributed by atoms with Crippen molar-refractivity contribution in [2.45, 2.75) is 119 Å². The maximum Gasteiger partial charge on any atom is 0.335 e. The molecule has 0 radical (unpaired) electrons. The molecule has 0 spiro atoms. The number of hydrogen-bond donors (Lipinski definition) is 2. The van der Waals surface area contributed by atoms with Crippen LogP contribution in [0, 0.1) is 63.6 Å². The fourth-order valence-electron chi connectivity index (χ4n) is 13.8. The average molecular weight is 666 g/mol. The van der Waals surface area contributed by atoms with Crippen molar-refractivity contribution in [3.8, 4) is 0 Å². The molecule has 1 aromatic heterocycles. The Bertz CT molecular complexity index is 1620. The molecule has 2 aromatic rings. The highest BCUT2D eigenvalue weighted by molar-refractivity contribution is 5.88. The van der Waals surface area contributed by atoms with E-state index in [1.165, 1.54) is 68.1 Å². The van der Waals surface area contributed by atoms with Gasteiger partial charge in [0.25, 0.3) is 0 Å². The molecule has 9 atom stereocenters. The van der Waals surface area contributed by atoms with Gasteiger partial charge in [0.2, 0.25) is 0 Å². The number of nitrogens with zero attached hydrogens (tertiary/aromatic N) is 2. The molecule has 9 unspecified atom stereocenters. The minimum Gasteiger partial charge on any atom is -0.478 e. The normalized spacial score (nSPS) is 39.2. The molecule has 4 fully saturated rings. The van der Waals surface area contributed by atoms with Crippen LogP contribution in [0.3, 0.4) is 0 Å². The zero-order valence-electron chi connectivity index (χ0n) is 31.6. The van der Waals surface area contributed by atoms with E-state index in [9.17, 15) is 9.90 Å². The van der Waals surface area contributed by atoms with Crippen LogP contribution in [0.4, 0.5) is 0 Å². The number of rotatable bonds is 9.